The lowest BCUT2D eigenvalue weighted by Crippen LogP contribution is -2.46. The molecule has 0 aliphatic carbocycles. The standard InChI is InChI=1S/C15H24N6O/c1-2-15-18-14(19-22-15)12-20-8-3-5-13(11-20)16-7-10-21-9-4-6-17-21/h4,6,9,13,16H,2-3,5,7-8,10-12H2,1H3/t13-/m0/s1. The Hall–Kier alpha value is -1.73. The Morgan fingerprint density at radius 2 is 2.41 bits per heavy atom. The molecule has 1 saturated heterocycles. The molecule has 120 valence electrons. The van der Waals surface area contributed by atoms with E-state index >= 15 is 0 Å². The van der Waals surface area contributed by atoms with Crippen molar-refractivity contribution in [3.05, 3.63) is 30.2 Å². The lowest BCUT2D eigenvalue weighted by Gasteiger charge is -2.32. The van der Waals surface area contributed by atoms with Crippen molar-refractivity contribution < 1.29 is 4.52 Å². The Labute approximate surface area is 130 Å². The molecule has 0 saturated carbocycles. The second-order valence-corrected chi connectivity index (χ2v) is 5.76. The molecule has 7 heteroatoms. The van der Waals surface area contributed by atoms with E-state index < -0.39 is 0 Å². The third-order valence-electron chi connectivity index (χ3n) is 4.02. The second-order valence-electron chi connectivity index (χ2n) is 5.76. The molecular formula is C15H24N6O. The topological polar surface area (TPSA) is 72.0 Å². The second kappa shape index (κ2) is 7.51. The number of nitrogens with one attached hydrogen (secondary N) is 1. The van der Waals surface area contributed by atoms with Gasteiger partial charge in [0.25, 0.3) is 0 Å². The Morgan fingerprint density at radius 3 is 3.18 bits per heavy atom. The van der Waals surface area contributed by atoms with Crippen LogP contribution in [-0.4, -0.2) is 50.5 Å². The van der Waals surface area contributed by atoms with E-state index in [2.05, 4.69) is 25.5 Å². The Bertz CT molecular complexity index is 552. The molecule has 2 aromatic heterocycles. The van der Waals surface area contributed by atoms with Gasteiger partial charge in [0.05, 0.1) is 13.1 Å². The van der Waals surface area contributed by atoms with Gasteiger partial charge in [0, 0.05) is 37.9 Å². The molecule has 1 atom stereocenters. The van der Waals surface area contributed by atoms with Crippen LogP contribution in [0, 0.1) is 0 Å². The Morgan fingerprint density at radius 1 is 1.45 bits per heavy atom. The molecule has 1 N–H and O–H groups in total. The van der Waals surface area contributed by atoms with Crippen LogP contribution in [-0.2, 0) is 19.5 Å². The molecule has 22 heavy (non-hydrogen) atoms. The molecule has 0 unspecified atom stereocenters. The number of hydrogen-bond acceptors (Lipinski definition) is 6. The molecule has 0 radical (unpaired) electrons. The van der Waals surface area contributed by atoms with Gasteiger partial charge in [0.2, 0.25) is 5.89 Å². The average molecular weight is 304 g/mol. The summed E-state index contributed by atoms with van der Waals surface area (Å²) in [7, 11) is 0. The molecule has 1 aliphatic rings. The van der Waals surface area contributed by atoms with Gasteiger partial charge in [-0.1, -0.05) is 12.1 Å². The summed E-state index contributed by atoms with van der Waals surface area (Å²) in [5.41, 5.74) is 0. The summed E-state index contributed by atoms with van der Waals surface area (Å²) in [6, 6.07) is 2.49. The summed E-state index contributed by atoms with van der Waals surface area (Å²) in [4.78, 5) is 6.79. The quantitative estimate of drug-likeness (QED) is 0.825. The van der Waals surface area contributed by atoms with Crippen LogP contribution in [0.15, 0.2) is 23.0 Å². The molecule has 3 rings (SSSR count). The molecule has 0 spiro atoms. The highest BCUT2D eigenvalue weighted by Crippen LogP contribution is 2.12. The monoisotopic (exact) mass is 304 g/mol. The third kappa shape index (κ3) is 4.14. The Balaban J connectivity index is 1.42. The van der Waals surface area contributed by atoms with Crippen molar-refractivity contribution in [2.45, 2.75) is 45.3 Å². The van der Waals surface area contributed by atoms with Crippen molar-refractivity contribution in [3.63, 3.8) is 0 Å². The molecule has 0 aromatic carbocycles. The van der Waals surface area contributed by atoms with Gasteiger partial charge in [0.1, 0.15) is 0 Å². The lowest BCUT2D eigenvalue weighted by molar-refractivity contribution is 0.177. The molecular weight excluding hydrogens is 280 g/mol. The van der Waals surface area contributed by atoms with Crippen molar-refractivity contribution in [2.75, 3.05) is 19.6 Å². The predicted octanol–water partition coefficient (Wildman–Crippen LogP) is 1.08. The van der Waals surface area contributed by atoms with Crippen molar-refractivity contribution in [2.24, 2.45) is 0 Å². The van der Waals surface area contributed by atoms with Crippen LogP contribution in [0.2, 0.25) is 0 Å². The van der Waals surface area contributed by atoms with Gasteiger partial charge in [-0.3, -0.25) is 9.58 Å². The maximum Gasteiger partial charge on any atom is 0.226 e. The number of rotatable bonds is 7. The number of likely N-dealkylation sites (tertiary alicyclic amines) is 1. The lowest BCUT2D eigenvalue weighted by atomic mass is 10.1. The summed E-state index contributed by atoms with van der Waals surface area (Å²) in [5.74, 6) is 1.52. The molecule has 1 aliphatic heterocycles. The molecule has 1 fully saturated rings. The number of aryl methyl sites for hydroxylation is 1. The minimum absolute atomic E-state index is 0.529. The van der Waals surface area contributed by atoms with E-state index in [1.165, 1.54) is 12.8 Å². The van der Waals surface area contributed by atoms with Crippen molar-refractivity contribution in [1.29, 1.82) is 0 Å². The minimum atomic E-state index is 0.529. The number of nitrogens with zero attached hydrogens (tertiary/aromatic N) is 5. The number of hydrogen-bond donors (Lipinski definition) is 1. The summed E-state index contributed by atoms with van der Waals surface area (Å²) in [5, 5.41) is 11.9. The van der Waals surface area contributed by atoms with E-state index in [9.17, 15) is 0 Å². The smallest absolute Gasteiger partial charge is 0.226 e. The van der Waals surface area contributed by atoms with E-state index in [4.69, 9.17) is 4.52 Å². The zero-order chi connectivity index (χ0) is 15.2. The molecule has 0 amide bonds. The fourth-order valence-electron chi connectivity index (χ4n) is 2.88. The van der Waals surface area contributed by atoms with E-state index in [1.54, 1.807) is 0 Å². The van der Waals surface area contributed by atoms with Crippen LogP contribution in [0.25, 0.3) is 0 Å². The summed E-state index contributed by atoms with van der Waals surface area (Å²) >= 11 is 0. The van der Waals surface area contributed by atoms with Crippen LogP contribution in [0.3, 0.4) is 0 Å². The van der Waals surface area contributed by atoms with Crippen LogP contribution in [0.4, 0.5) is 0 Å². The molecule has 0 bridgehead atoms. The zero-order valence-corrected chi connectivity index (χ0v) is 13.1. The fourth-order valence-corrected chi connectivity index (χ4v) is 2.88. The van der Waals surface area contributed by atoms with Crippen molar-refractivity contribution >= 4 is 0 Å². The van der Waals surface area contributed by atoms with Crippen LogP contribution in [0.1, 0.15) is 31.5 Å². The first kappa shape index (κ1) is 15.2. The van der Waals surface area contributed by atoms with Gasteiger partial charge in [-0.05, 0) is 25.5 Å². The highest BCUT2D eigenvalue weighted by atomic mass is 16.5. The van der Waals surface area contributed by atoms with Gasteiger partial charge in [-0.2, -0.15) is 10.1 Å². The first-order chi connectivity index (χ1) is 10.8. The predicted molar refractivity (Wildman–Crippen MR) is 82.2 cm³/mol. The normalized spacial score (nSPS) is 19.6. The zero-order valence-electron chi connectivity index (χ0n) is 13.1. The summed E-state index contributed by atoms with van der Waals surface area (Å²) in [6.45, 7) is 6.80. The summed E-state index contributed by atoms with van der Waals surface area (Å²) < 4.78 is 7.13. The van der Waals surface area contributed by atoms with E-state index in [0.29, 0.717) is 6.04 Å². The number of aromatic nitrogens is 4. The van der Waals surface area contributed by atoms with Crippen LogP contribution < -0.4 is 5.32 Å². The first-order valence-electron chi connectivity index (χ1n) is 8.08. The van der Waals surface area contributed by atoms with Gasteiger partial charge in [0.15, 0.2) is 5.82 Å². The van der Waals surface area contributed by atoms with E-state index in [1.807, 2.05) is 30.1 Å². The number of piperidine rings is 1. The van der Waals surface area contributed by atoms with Gasteiger partial charge >= 0.3 is 0 Å². The average Bonchev–Trinajstić information content (AvgIpc) is 3.19. The SMILES string of the molecule is CCc1nc(CN2CCC[C@H](NCCn3cccn3)C2)no1. The minimum Gasteiger partial charge on any atom is -0.339 e. The maximum atomic E-state index is 5.18. The fraction of sp³-hybridized carbons (Fsp3) is 0.667. The van der Waals surface area contributed by atoms with Crippen LogP contribution in [0.5, 0.6) is 0 Å². The largest absolute Gasteiger partial charge is 0.339 e. The third-order valence-corrected chi connectivity index (χ3v) is 4.02. The van der Waals surface area contributed by atoms with E-state index in [-0.39, 0.29) is 0 Å². The first-order valence-corrected chi connectivity index (χ1v) is 8.08. The van der Waals surface area contributed by atoms with Gasteiger partial charge in [-0.25, -0.2) is 0 Å². The highest BCUT2D eigenvalue weighted by molar-refractivity contribution is 4.88. The van der Waals surface area contributed by atoms with Crippen molar-refractivity contribution in [3.8, 4) is 0 Å². The van der Waals surface area contributed by atoms with E-state index in [0.717, 1.165) is 50.9 Å². The Kier molecular flexibility index (Phi) is 5.18. The van der Waals surface area contributed by atoms with Gasteiger partial charge in [-0.15, -0.1) is 0 Å². The molecule has 3 heterocycles. The van der Waals surface area contributed by atoms with Gasteiger partial charge < -0.3 is 9.84 Å². The summed E-state index contributed by atoms with van der Waals surface area (Å²) in [6.07, 6.45) is 7.04. The molecule has 2 aromatic rings. The van der Waals surface area contributed by atoms with Crippen LogP contribution >= 0.6 is 0 Å². The van der Waals surface area contributed by atoms with Crippen molar-refractivity contribution in [1.82, 2.24) is 30.1 Å². The molecule has 7 nitrogen and oxygen atoms in total. The highest BCUT2D eigenvalue weighted by Gasteiger charge is 2.20. The maximum absolute atomic E-state index is 5.18.